The number of anilines is 1. The number of hydrogen-bond acceptors (Lipinski definition) is 6. The van der Waals surface area contributed by atoms with Crippen LogP contribution in [0.2, 0.25) is 0 Å². The molecule has 0 radical (unpaired) electrons. The molecule has 1 aliphatic heterocycles. The average Bonchev–Trinajstić information content (AvgIpc) is 3.41. The number of fused-ring (bicyclic) bond motifs is 1. The van der Waals surface area contributed by atoms with Crippen LogP contribution in [-0.4, -0.2) is 50.0 Å². The van der Waals surface area contributed by atoms with E-state index in [1.807, 2.05) is 40.6 Å². The zero-order valence-corrected chi connectivity index (χ0v) is 20.2. The van der Waals surface area contributed by atoms with E-state index in [9.17, 15) is 18.0 Å². The van der Waals surface area contributed by atoms with Gasteiger partial charge in [0.1, 0.15) is 0 Å². The number of hydrogen-bond donors (Lipinski definition) is 0. The molecule has 4 aromatic rings. The van der Waals surface area contributed by atoms with Crippen molar-refractivity contribution in [1.29, 1.82) is 0 Å². The summed E-state index contributed by atoms with van der Waals surface area (Å²) in [6, 6.07) is 19.0. The van der Waals surface area contributed by atoms with E-state index >= 15 is 0 Å². The van der Waals surface area contributed by atoms with Crippen molar-refractivity contribution >= 4 is 43.7 Å². The molecule has 1 aliphatic rings. The van der Waals surface area contributed by atoms with E-state index in [4.69, 9.17) is 0 Å². The van der Waals surface area contributed by atoms with Gasteiger partial charge in [0.05, 0.1) is 21.0 Å². The minimum absolute atomic E-state index is 0.0272. The number of piperazine rings is 1. The minimum atomic E-state index is -4.08. The molecule has 0 spiro atoms. The lowest BCUT2D eigenvalue weighted by Gasteiger charge is -2.37. The molecule has 1 amide bonds. The van der Waals surface area contributed by atoms with E-state index in [2.05, 4.69) is 0 Å². The molecule has 0 unspecified atom stereocenters. The van der Waals surface area contributed by atoms with Crippen molar-refractivity contribution in [1.82, 2.24) is 9.47 Å². The van der Waals surface area contributed by atoms with Gasteiger partial charge in [-0.15, -0.1) is 11.3 Å². The Hall–Kier alpha value is -3.43. The summed E-state index contributed by atoms with van der Waals surface area (Å²) in [5.41, 5.74) is 0.507. The highest BCUT2D eigenvalue weighted by Crippen LogP contribution is 2.35. The Bertz CT molecular complexity index is 1520. The molecule has 7 nitrogen and oxygen atoms in total. The van der Waals surface area contributed by atoms with Crippen LogP contribution in [0.3, 0.4) is 0 Å². The van der Waals surface area contributed by atoms with Gasteiger partial charge < -0.3 is 14.4 Å². The standard InChI is InChI=1S/C25H23N3O4S2/c1-26-20-11-6-5-10-19(20)22(23(25(26)30)34(31,32)18-8-3-2-4-9-18)27-13-15-28(16-14-27)24(29)21-12-7-17-33-21/h2-12,17H,13-16H2,1H3. The maximum Gasteiger partial charge on any atom is 0.272 e. The molecule has 1 fully saturated rings. The van der Waals surface area contributed by atoms with Gasteiger partial charge in [-0.25, -0.2) is 8.42 Å². The maximum absolute atomic E-state index is 13.7. The molecular weight excluding hydrogens is 470 g/mol. The third kappa shape index (κ3) is 3.70. The summed E-state index contributed by atoms with van der Waals surface area (Å²) in [4.78, 5) is 30.5. The second-order valence-corrected chi connectivity index (χ2v) is 11.0. The number of para-hydroxylation sites is 1. The highest BCUT2D eigenvalue weighted by Gasteiger charge is 2.33. The number of carbonyl (C=O) groups is 1. The first-order valence-electron chi connectivity index (χ1n) is 10.9. The quantitative estimate of drug-likeness (QED) is 0.435. The van der Waals surface area contributed by atoms with Gasteiger partial charge >= 0.3 is 0 Å². The Kier molecular flexibility index (Phi) is 5.75. The number of rotatable bonds is 4. The number of amides is 1. The van der Waals surface area contributed by atoms with Crippen molar-refractivity contribution < 1.29 is 13.2 Å². The van der Waals surface area contributed by atoms with Gasteiger partial charge in [0.25, 0.3) is 11.5 Å². The second-order valence-electron chi connectivity index (χ2n) is 8.13. The van der Waals surface area contributed by atoms with Crippen molar-refractivity contribution in [3.8, 4) is 0 Å². The zero-order chi connectivity index (χ0) is 23.9. The number of carbonyl (C=O) groups excluding carboxylic acids is 1. The van der Waals surface area contributed by atoms with E-state index in [1.54, 1.807) is 36.2 Å². The van der Waals surface area contributed by atoms with Crippen LogP contribution >= 0.6 is 11.3 Å². The van der Waals surface area contributed by atoms with Crippen LogP contribution < -0.4 is 10.5 Å². The fourth-order valence-electron chi connectivity index (χ4n) is 4.41. The molecule has 174 valence electrons. The smallest absolute Gasteiger partial charge is 0.272 e. The summed E-state index contributed by atoms with van der Waals surface area (Å²) in [5, 5.41) is 2.56. The van der Waals surface area contributed by atoms with Crippen molar-refractivity contribution in [3.05, 3.63) is 87.3 Å². The van der Waals surface area contributed by atoms with Crippen LogP contribution in [-0.2, 0) is 16.9 Å². The number of sulfone groups is 1. The van der Waals surface area contributed by atoms with Gasteiger partial charge in [-0.05, 0) is 29.6 Å². The van der Waals surface area contributed by atoms with Crippen LogP contribution in [0.5, 0.6) is 0 Å². The number of aromatic nitrogens is 1. The van der Waals surface area contributed by atoms with Gasteiger partial charge in [0.15, 0.2) is 4.90 Å². The van der Waals surface area contributed by atoms with Gasteiger partial charge in [-0.3, -0.25) is 9.59 Å². The minimum Gasteiger partial charge on any atom is -0.366 e. The van der Waals surface area contributed by atoms with Crippen LogP contribution in [0, 0.1) is 0 Å². The van der Waals surface area contributed by atoms with E-state index in [-0.39, 0.29) is 15.7 Å². The molecular formula is C25H23N3O4S2. The fourth-order valence-corrected chi connectivity index (χ4v) is 6.72. The Morgan fingerprint density at radius 3 is 2.24 bits per heavy atom. The molecule has 0 aliphatic carbocycles. The molecule has 0 saturated carbocycles. The summed E-state index contributed by atoms with van der Waals surface area (Å²) < 4.78 is 28.9. The Morgan fingerprint density at radius 1 is 0.882 bits per heavy atom. The van der Waals surface area contributed by atoms with Crippen LogP contribution in [0.1, 0.15) is 9.67 Å². The Balaban J connectivity index is 1.62. The SMILES string of the molecule is Cn1c(=O)c(S(=O)(=O)c2ccccc2)c(N2CCN(C(=O)c3cccs3)CC2)c2ccccc21. The lowest BCUT2D eigenvalue weighted by atomic mass is 10.1. The molecule has 1 saturated heterocycles. The Morgan fingerprint density at radius 2 is 1.56 bits per heavy atom. The highest BCUT2D eigenvalue weighted by molar-refractivity contribution is 7.91. The summed E-state index contributed by atoms with van der Waals surface area (Å²) in [6.07, 6.45) is 0. The monoisotopic (exact) mass is 493 g/mol. The lowest BCUT2D eigenvalue weighted by Crippen LogP contribution is -2.49. The predicted molar refractivity (Wildman–Crippen MR) is 134 cm³/mol. The zero-order valence-electron chi connectivity index (χ0n) is 18.5. The van der Waals surface area contributed by atoms with Gasteiger partial charge in [-0.2, -0.15) is 0 Å². The van der Waals surface area contributed by atoms with Crippen LogP contribution in [0.25, 0.3) is 10.9 Å². The third-order valence-corrected chi connectivity index (χ3v) is 8.83. The van der Waals surface area contributed by atoms with E-state index < -0.39 is 15.4 Å². The molecule has 3 heterocycles. The second kappa shape index (κ2) is 8.73. The molecule has 5 rings (SSSR count). The topological polar surface area (TPSA) is 79.7 Å². The normalized spacial score (nSPS) is 14.5. The first kappa shape index (κ1) is 22.4. The predicted octanol–water partition coefficient (Wildman–Crippen LogP) is 3.40. The highest BCUT2D eigenvalue weighted by atomic mass is 32.2. The largest absolute Gasteiger partial charge is 0.366 e. The number of nitrogens with zero attached hydrogens (tertiary/aromatic N) is 3. The molecule has 9 heteroatoms. The molecule has 34 heavy (non-hydrogen) atoms. The Labute approximate surface area is 201 Å². The van der Waals surface area contributed by atoms with Crippen molar-refractivity contribution in [2.24, 2.45) is 7.05 Å². The van der Waals surface area contributed by atoms with Gasteiger partial charge in [-0.1, -0.05) is 42.5 Å². The van der Waals surface area contributed by atoms with Crippen molar-refractivity contribution in [2.75, 3.05) is 31.1 Å². The third-order valence-electron chi connectivity index (χ3n) is 6.17. The molecule has 2 aromatic heterocycles. The molecule has 2 aromatic carbocycles. The number of benzene rings is 2. The summed E-state index contributed by atoms with van der Waals surface area (Å²) in [6.45, 7) is 1.72. The maximum atomic E-state index is 13.7. The summed E-state index contributed by atoms with van der Waals surface area (Å²) in [5.74, 6) is -0.0272. The lowest BCUT2D eigenvalue weighted by molar-refractivity contribution is 0.0751. The first-order chi connectivity index (χ1) is 16.4. The number of aryl methyl sites for hydroxylation is 1. The fraction of sp³-hybridized carbons (Fsp3) is 0.200. The van der Waals surface area contributed by atoms with Gasteiger partial charge in [0.2, 0.25) is 9.84 Å². The van der Waals surface area contributed by atoms with Crippen molar-refractivity contribution in [3.63, 3.8) is 0 Å². The van der Waals surface area contributed by atoms with Crippen LogP contribution in [0.15, 0.2) is 86.7 Å². The van der Waals surface area contributed by atoms with E-state index in [0.717, 1.165) is 0 Å². The van der Waals surface area contributed by atoms with Crippen LogP contribution in [0.4, 0.5) is 5.69 Å². The van der Waals surface area contributed by atoms with Crippen molar-refractivity contribution in [2.45, 2.75) is 9.79 Å². The average molecular weight is 494 g/mol. The first-order valence-corrected chi connectivity index (χ1v) is 13.3. The molecule has 0 atom stereocenters. The van der Waals surface area contributed by atoms with E-state index in [0.29, 0.717) is 47.6 Å². The number of pyridine rings is 1. The van der Waals surface area contributed by atoms with E-state index in [1.165, 1.54) is 28.0 Å². The van der Waals surface area contributed by atoms with Gasteiger partial charge in [0, 0.05) is 38.6 Å². The summed E-state index contributed by atoms with van der Waals surface area (Å²) >= 11 is 1.40. The number of thiophene rings is 1. The summed E-state index contributed by atoms with van der Waals surface area (Å²) in [7, 11) is -2.49. The molecule has 0 bridgehead atoms. The molecule has 0 N–H and O–H groups in total.